The summed E-state index contributed by atoms with van der Waals surface area (Å²) in [5.74, 6) is -64.9. The van der Waals surface area contributed by atoms with Crippen LogP contribution in [0.5, 0.6) is 0 Å². The molecule has 0 spiro atoms. The molecular weight excluding hydrogens is 610 g/mol. The van der Waals surface area contributed by atoms with Crippen LogP contribution in [0.1, 0.15) is 20.8 Å². The Morgan fingerprint density at radius 3 is 0.868 bits per heavy atom. The third-order valence-electron chi connectivity index (χ3n) is 4.89. The Kier molecular flexibility index (Phi) is 10.0. The van der Waals surface area contributed by atoms with Crippen LogP contribution in [0.3, 0.4) is 0 Å². The van der Waals surface area contributed by atoms with E-state index in [-0.39, 0.29) is 0 Å². The third kappa shape index (κ3) is 4.73. The summed E-state index contributed by atoms with van der Waals surface area (Å²) in [6.45, 7) is -1.20. The lowest BCUT2D eigenvalue weighted by Gasteiger charge is -2.49. The Morgan fingerprint density at radius 2 is 0.632 bits per heavy atom. The summed E-state index contributed by atoms with van der Waals surface area (Å²) in [7, 11) is -1.41. The van der Waals surface area contributed by atoms with Gasteiger partial charge in [0, 0.05) is 19.8 Å². The lowest BCUT2D eigenvalue weighted by molar-refractivity contribution is -0.485. The first-order valence-corrected chi connectivity index (χ1v) is 10.8. The van der Waals surface area contributed by atoms with Gasteiger partial charge in [-0.25, -0.2) is 0 Å². The van der Waals surface area contributed by atoms with Crippen LogP contribution in [0, 0.1) is 0 Å². The maximum atomic E-state index is 15.4. The molecule has 0 aliphatic rings. The fourth-order valence-electron chi connectivity index (χ4n) is 2.85. The number of halogens is 18. The monoisotopic (exact) mass is 628 g/mol. The van der Waals surface area contributed by atoms with Crippen LogP contribution in [0.2, 0.25) is 0 Å². The van der Waals surface area contributed by atoms with Crippen LogP contribution in [-0.4, -0.2) is 89.0 Å². The second-order valence-electron chi connectivity index (χ2n) is 7.36. The zero-order valence-electron chi connectivity index (χ0n) is 19.1. The average Bonchev–Trinajstić information content (AvgIpc) is 2.72. The van der Waals surface area contributed by atoms with Gasteiger partial charge in [-0.15, -0.1) is 0 Å². The third-order valence-corrected chi connectivity index (χ3v) is 6.11. The molecule has 0 N–H and O–H groups in total. The Hall–Kier alpha value is -1.16. The first-order chi connectivity index (χ1) is 16.4. The molecule has 3 nitrogen and oxygen atoms in total. The van der Waals surface area contributed by atoms with E-state index < -0.39 is 89.0 Å². The normalized spacial score (nSPS) is 17.6. The minimum Gasteiger partial charge on any atom is -0.349 e. The van der Waals surface area contributed by atoms with E-state index in [1.54, 1.807) is 0 Å². The van der Waals surface area contributed by atoms with E-state index in [2.05, 4.69) is 14.2 Å². The summed E-state index contributed by atoms with van der Waals surface area (Å²) in [5.41, 5.74) is -3.83. The molecule has 0 fully saturated rings. The van der Waals surface area contributed by atoms with E-state index in [4.69, 9.17) is 0 Å². The summed E-state index contributed by atoms with van der Waals surface area (Å²) < 4.78 is 258. The molecule has 0 aliphatic carbocycles. The van der Waals surface area contributed by atoms with Gasteiger partial charge in [0.05, 0.1) is 10.2 Å². The van der Waals surface area contributed by atoms with Gasteiger partial charge in [-0.2, -0.15) is 79.0 Å². The second-order valence-corrected chi connectivity index (χ2v) is 8.68. The minimum absolute atomic E-state index is 0.531. The van der Waals surface area contributed by atoms with Crippen molar-refractivity contribution in [2.75, 3.05) is 19.8 Å². The molecule has 1 unspecified atom stereocenters. The number of hydrogen-bond donors (Lipinski definition) is 0. The molecule has 0 heterocycles. The van der Waals surface area contributed by atoms with Crippen molar-refractivity contribution in [3.8, 4) is 0 Å². The lowest BCUT2D eigenvalue weighted by atomic mass is 9.86. The first-order valence-electron chi connectivity index (χ1n) is 9.75. The second kappa shape index (κ2) is 10.3. The van der Waals surface area contributed by atoms with E-state index in [9.17, 15) is 74.6 Å². The highest BCUT2D eigenvalue weighted by molar-refractivity contribution is 6.14. The summed E-state index contributed by atoms with van der Waals surface area (Å²) in [6, 6.07) is 0. The van der Waals surface area contributed by atoms with Crippen LogP contribution in [0.4, 0.5) is 79.0 Å². The molecule has 0 bridgehead atoms. The van der Waals surface area contributed by atoms with Crippen molar-refractivity contribution in [2.24, 2.45) is 0 Å². The molecule has 0 amide bonds. The molecule has 230 valence electrons. The Bertz CT molecular complexity index is 808. The van der Waals surface area contributed by atoms with Gasteiger partial charge >= 0.3 is 53.5 Å². The highest BCUT2D eigenvalue weighted by Gasteiger charge is 2.97. The molecule has 0 rings (SSSR count). The zero-order chi connectivity index (χ0) is 31.2. The highest BCUT2D eigenvalue weighted by atomic mass is 28.1. The van der Waals surface area contributed by atoms with Crippen molar-refractivity contribution in [3.63, 3.8) is 0 Å². The fourth-order valence-corrected chi connectivity index (χ4v) is 3.89. The Morgan fingerprint density at radius 1 is 0.395 bits per heavy atom. The zero-order valence-corrected chi connectivity index (χ0v) is 21.1. The van der Waals surface area contributed by atoms with E-state index in [1.807, 2.05) is 0 Å². The van der Waals surface area contributed by atoms with Gasteiger partial charge in [-0.05, 0) is 20.8 Å². The van der Waals surface area contributed by atoms with Gasteiger partial charge in [-0.1, -0.05) is 0 Å². The molecule has 1 atom stereocenters. The molecule has 0 aromatic heterocycles. The maximum Gasteiger partial charge on any atom is 0.460 e. The summed E-state index contributed by atoms with van der Waals surface area (Å²) in [4.78, 5) is 0. The number of alkyl halides is 18. The molecule has 0 saturated carbocycles. The van der Waals surface area contributed by atoms with Crippen molar-refractivity contribution in [2.45, 2.75) is 79.7 Å². The SMILES string of the molecule is CCOC([SiH3])(OCC)C(F)(OCC)C(F)(F)C(F)(F)C(F)(F)C(F)(F)C(F)(F)C(F)(F)C(F)(F)C(F)(F)F. The molecule has 0 radical (unpaired) electrons. The van der Waals surface area contributed by atoms with Crippen LogP contribution < -0.4 is 0 Å². The van der Waals surface area contributed by atoms with Crippen molar-refractivity contribution in [1.82, 2.24) is 0 Å². The highest BCUT2D eigenvalue weighted by Crippen LogP contribution is 2.65. The van der Waals surface area contributed by atoms with Gasteiger partial charge in [0.15, 0.2) is 0 Å². The lowest BCUT2D eigenvalue weighted by Crippen LogP contribution is -2.79. The van der Waals surface area contributed by atoms with E-state index in [1.165, 1.54) is 0 Å². The number of ether oxygens (including phenoxy) is 3. The topological polar surface area (TPSA) is 27.7 Å². The molecule has 38 heavy (non-hydrogen) atoms. The molecule has 0 aromatic rings. The maximum absolute atomic E-state index is 15.4. The van der Waals surface area contributed by atoms with Gasteiger partial charge < -0.3 is 14.2 Å². The van der Waals surface area contributed by atoms with Crippen molar-refractivity contribution in [3.05, 3.63) is 0 Å². The van der Waals surface area contributed by atoms with Crippen LogP contribution in [-0.2, 0) is 14.2 Å². The first kappa shape index (κ1) is 36.8. The van der Waals surface area contributed by atoms with Gasteiger partial charge in [-0.3, -0.25) is 0 Å². The quantitative estimate of drug-likeness (QED) is 0.139. The van der Waals surface area contributed by atoms with Crippen molar-refractivity contribution >= 4 is 10.2 Å². The smallest absolute Gasteiger partial charge is 0.349 e. The molecule has 0 aromatic carbocycles. The largest absolute Gasteiger partial charge is 0.460 e. The van der Waals surface area contributed by atoms with Crippen molar-refractivity contribution < 1.29 is 93.2 Å². The fraction of sp³-hybridized carbons (Fsp3) is 1.00. The molecule has 22 heteroatoms. The van der Waals surface area contributed by atoms with Gasteiger partial charge in [0.1, 0.15) is 0 Å². The molecular formula is C16H18F18O3Si. The summed E-state index contributed by atoms with van der Waals surface area (Å²) in [6.07, 6.45) is -7.87. The Labute approximate surface area is 204 Å². The molecule has 0 aliphatic heterocycles. The predicted molar refractivity (Wildman–Crippen MR) is 92.1 cm³/mol. The van der Waals surface area contributed by atoms with Gasteiger partial charge in [0.2, 0.25) is 5.41 Å². The average molecular weight is 628 g/mol. The van der Waals surface area contributed by atoms with Crippen LogP contribution in [0.25, 0.3) is 0 Å². The van der Waals surface area contributed by atoms with Crippen LogP contribution in [0.15, 0.2) is 0 Å². The Balaban J connectivity index is 7.33. The van der Waals surface area contributed by atoms with E-state index >= 15 is 4.39 Å². The van der Waals surface area contributed by atoms with Gasteiger partial charge in [0.25, 0.3) is 0 Å². The van der Waals surface area contributed by atoms with E-state index in [0.717, 1.165) is 13.8 Å². The standard InChI is InChI=1S/C16H18F18O3Si/c1-4-35-14(31,16(38,36-5-2)37-6-3)12(27,28)10(23,24)8(19,20)7(17,18)9(21,22)11(25,26)13(29,30)15(32,33)34/h4-6H2,1-3,38H3. The number of hydrogen-bond acceptors (Lipinski definition) is 3. The molecule has 0 saturated heterocycles. The van der Waals surface area contributed by atoms with Crippen LogP contribution >= 0.6 is 0 Å². The van der Waals surface area contributed by atoms with Crippen molar-refractivity contribution in [1.29, 1.82) is 0 Å². The predicted octanol–water partition coefficient (Wildman–Crippen LogP) is 5.79. The summed E-state index contributed by atoms with van der Waals surface area (Å²) >= 11 is 0. The summed E-state index contributed by atoms with van der Waals surface area (Å²) in [5, 5.41) is 0. The minimum atomic E-state index is -8.84. The number of rotatable bonds is 14. The van der Waals surface area contributed by atoms with E-state index in [0.29, 0.717) is 6.92 Å².